The van der Waals surface area contributed by atoms with Crippen molar-refractivity contribution in [3.8, 4) is 0 Å². The number of carbonyl (C=O) groups is 1. The van der Waals surface area contributed by atoms with Gasteiger partial charge >= 0.3 is 12.3 Å². The number of nitrogens with one attached hydrogen (secondary N) is 1. The molecule has 1 heterocycles. The number of benzene rings is 1. The number of halogens is 5. The van der Waals surface area contributed by atoms with E-state index in [1.165, 1.54) is 11.8 Å². The summed E-state index contributed by atoms with van der Waals surface area (Å²) in [6, 6.07) is 4.17. The Morgan fingerprint density at radius 1 is 1.45 bits per heavy atom. The molecule has 2 rings (SSSR count). The molecule has 20 heavy (non-hydrogen) atoms. The third-order valence-corrected chi connectivity index (χ3v) is 4.25. The highest BCUT2D eigenvalue weighted by atomic mass is 35.5. The van der Waals surface area contributed by atoms with Crippen molar-refractivity contribution in [3.63, 3.8) is 0 Å². The fourth-order valence-corrected chi connectivity index (χ4v) is 3.15. The Hall–Kier alpha value is -0.950. The van der Waals surface area contributed by atoms with Gasteiger partial charge in [-0.05, 0) is 30.2 Å². The molecule has 1 aromatic carbocycles. The van der Waals surface area contributed by atoms with Crippen LogP contribution >= 0.6 is 23.4 Å². The van der Waals surface area contributed by atoms with Crippen LogP contribution in [0.3, 0.4) is 0 Å². The molecule has 0 aliphatic carbocycles. The number of alkyl halides is 4. The largest absolute Gasteiger partial charge is 0.383 e. The lowest BCUT2D eigenvalue weighted by molar-refractivity contribution is -0.170. The minimum absolute atomic E-state index is 0.378. The van der Waals surface area contributed by atoms with Crippen LogP contribution in [0.2, 0.25) is 5.02 Å². The molecule has 0 bridgehead atoms. The maximum Gasteiger partial charge on any atom is 0.383 e. The van der Waals surface area contributed by atoms with Crippen LogP contribution in [0, 0.1) is 0 Å². The summed E-state index contributed by atoms with van der Waals surface area (Å²) >= 11 is 7.33. The van der Waals surface area contributed by atoms with Crippen LogP contribution in [-0.4, -0.2) is 24.0 Å². The van der Waals surface area contributed by atoms with Crippen LogP contribution in [0.5, 0.6) is 0 Å². The molecular weight excluding hydrogens is 318 g/mol. The Bertz CT molecular complexity index is 526. The number of rotatable bonds is 3. The molecule has 1 aromatic rings. The Kier molecular flexibility index (Phi) is 4.49. The molecule has 1 aliphatic heterocycles. The van der Waals surface area contributed by atoms with E-state index in [0.717, 1.165) is 4.90 Å². The predicted octanol–water partition coefficient (Wildman–Crippen LogP) is 3.89. The van der Waals surface area contributed by atoms with E-state index in [0.29, 0.717) is 22.8 Å². The Morgan fingerprint density at radius 3 is 2.80 bits per heavy atom. The summed E-state index contributed by atoms with van der Waals surface area (Å²) in [6.07, 6.45) is -3.65. The lowest BCUT2D eigenvalue weighted by atomic mass is 10.0. The molecule has 0 aromatic heterocycles. The number of carbonyl (C=O) groups excluding carboxylic acids is 1. The minimum Gasteiger partial charge on any atom is -0.344 e. The van der Waals surface area contributed by atoms with Gasteiger partial charge in [0.15, 0.2) is 0 Å². The van der Waals surface area contributed by atoms with Crippen molar-refractivity contribution in [2.24, 2.45) is 0 Å². The Balaban J connectivity index is 2.20. The van der Waals surface area contributed by atoms with E-state index in [4.69, 9.17) is 11.6 Å². The number of hydrogen-bond acceptors (Lipinski definition) is 2. The van der Waals surface area contributed by atoms with Crippen LogP contribution in [0.25, 0.3) is 0 Å². The van der Waals surface area contributed by atoms with E-state index in [1.54, 1.807) is 18.2 Å². The summed E-state index contributed by atoms with van der Waals surface area (Å²) in [5.41, 5.74) is 0.576. The van der Waals surface area contributed by atoms with Gasteiger partial charge in [-0.15, -0.1) is 11.8 Å². The first-order valence-electron chi connectivity index (χ1n) is 5.71. The molecule has 0 radical (unpaired) electrons. The normalized spacial score (nSPS) is 18.8. The lowest BCUT2D eigenvalue weighted by Crippen LogP contribution is -2.46. The second-order valence-electron chi connectivity index (χ2n) is 4.27. The van der Waals surface area contributed by atoms with Gasteiger partial charge in [0.1, 0.15) is 0 Å². The van der Waals surface area contributed by atoms with Gasteiger partial charge < -0.3 is 5.32 Å². The van der Waals surface area contributed by atoms with Gasteiger partial charge in [-0.2, -0.15) is 8.78 Å². The first-order valence-corrected chi connectivity index (χ1v) is 7.08. The smallest absolute Gasteiger partial charge is 0.344 e. The van der Waals surface area contributed by atoms with Gasteiger partial charge in [0.2, 0.25) is 0 Å². The second-order valence-corrected chi connectivity index (χ2v) is 5.84. The van der Waals surface area contributed by atoms with E-state index >= 15 is 0 Å². The van der Waals surface area contributed by atoms with Crippen molar-refractivity contribution in [1.29, 1.82) is 0 Å². The van der Waals surface area contributed by atoms with Crippen LogP contribution in [0.15, 0.2) is 23.1 Å². The second kappa shape index (κ2) is 5.81. The molecule has 8 heteroatoms. The van der Waals surface area contributed by atoms with Gasteiger partial charge in [-0.1, -0.05) is 11.6 Å². The van der Waals surface area contributed by atoms with E-state index < -0.39 is 24.3 Å². The lowest BCUT2D eigenvalue weighted by Gasteiger charge is -2.27. The summed E-state index contributed by atoms with van der Waals surface area (Å²) in [5, 5.41) is 2.38. The van der Waals surface area contributed by atoms with E-state index in [2.05, 4.69) is 0 Å². The molecule has 1 aliphatic rings. The molecule has 0 saturated heterocycles. The fourth-order valence-electron chi connectivity index (χ4n) is 1.87. The highest BCUT2D eigenvalue weighted by Crippen LogP contribution is 2.38. The van der Waals surface area contributed by atoms with Gasteiger partial charge in [0.25, 0.3) is 5.91 Å². The molecule has 0 spiro atoms. The number of thioether (sulfide) groups is 1. The van der Waals surface area contributed by atoms with Crippen molar-refractivity contribution in [1.82, 2.24) is 5.32 Å². The average molecular weight is 328 g/mol. The molecule has 1 amide bonds. The highest BCUT2D eigenvalue weighted by Gasteiger charge is 2.49. The zero-order chi connectivity index (χ0) is 14.9. The molecule has 0 saturated carbocycles. The number of hydrogen-bond donors (Lipinski definition) is 1. The number of fused-ring (bicyclic) bond motifs is 1. The maximum atomic E-state index is 13.0. The van der Waals surface area contributed by atoms with Crippen LogP contribution in [0.4, 0.5) is 17.6 Å². The maximum absolute atomic E-state index is 13.0. The standard InChI is InChI=1S/C12H10ClF4NOS/c13-6-1-2-9-7(5-6)8(3-4-20-9)18-11(19)12(16,17)10(14)15/h1-2,5,8,10H,3-4H2,(H,18,19). The topological polar surface area (TPSA) is 29.1 Å². The first-order chi connectivity index (χ1) is 9.32. The predicted molar refractivity (Wildman–Crippen MR) is 68.6 cm³/mol. The molecule has 1 unspecified atom stereocenters. The van der Waals surface area contributed by atoms with Crippen molar-refractivity contribution < 1.29 is 22.4 Å². The minimum atomic E-state index is -4.69. The quantitative estimate of drug-likeness (QED) is 0.853. The summed E-state index contributed by atoms with van der Waals surface area (Å²) in [7, 11) is 0. The molecule has 1 atom stereocenters. The van der Waals surface area contributed by atoms with E-state index in [1.807, 2.05) is 5.32 Å². The fraction of sp³-hybridized carbons (Fsp3) is 0.417. The van der Waals surface area contributed by atoms with Crippen molar-refractivity contribution in [2.45, 2.75) is 29.7 Å². The zero-order valence-electron chi connectivity index (χ0n) is 10.0. The van der Waals surface area contributed by atoms with Gasteiger partial charge in [-0.25, -0.2) is 8.78 Å². The van der Waals surface area contributed by atoms with Gasteiger partial charge in [0.05, 0.1) is 6.04 Å². The summed E-state index contributed by atoms with van der Waals surface area (Å²) < 4.78 is 50.2. The summed E-state index contributed by atoms with van der Waals surface area (Å²) in [4.78, 5) is 12.1. The third kappa shape index (κ3) is 3.03. The molecular formula is C12H10ClF4NOS. The SMILES string of the molecule is O=C(NC1CCSc2ccc(Cl)cc21)C(F)(F)C(F)F. The molecule has 2 nitrogen and oxygen atoms in total. The first kappa shape index (κ1) is 15.4. The molecule has 110 valence electrons. The summed E-state index contributed by atoms with van der Waals surface area (Å²) in [5.74, 6) is -6.06. The van der Waals surface area contributed by atoms with Gasteiger partial charge in [0, 0.05) is 15.7 Å². The van der Waals surface area contributed by atoms with Crippen LogP contribution in [0.1, 0.15) is 18.0 Å². The highest BCUT2D eigenvalue weighted by molar-refractivity contribution is 7.99. The molecule has 0 fully saturated rings. The van der Waals surface area contributed by atoms with E-state index in [-0.39, 0.29) is 0 Å². The van der Waals surface area contributed by atoms with E-state index in [9.17, 15) is 22.4 Å². The van der Waals surface area contributed by atoms with Crippen molar-refractivity contribution >= 4 is 29.3 Å². The van der Waals surface area contributed by atoms with Crippen molar-refractivity contribution in [3.05, 3.63) is 28.8 Å². The van der Waals surface area contributed by atoms with Crippen LogP contribution in [-0.2, 0) is 4.79 Å². The van der Waals surface area contributed by atoms with Gasteiger partial charge in [-0.3, -0.25) is 4.79 Å². The van der Waals surface area contributed by atoms with Crippen LogP contribution < -0.4 is 5.32 Å². The average Bonchev–Trinajstić information content (AvgIpc) is 2.39. The summed E-state index contributed by atoms with van der Waals surface area (Å²) in [6.45, 7) is 0. The monoisotopic (exact) mass is 327 g/mol. The third-order valence-electron chi connectivity index (χ3n) is 2.89. The Labute approximate surface area is 121 Å². The number of amides is 1. The van der Waals surface area contributed by atoms with Crippen molar-refractivity contribution in [2.75, 3.05) is 5.75 Å². The molecule has 1 N–H and O–H groups in total. The Morgan fingerprint density at radius 2 is 2.15 bits per heavy atom. The zero-order valence-corrected chi connectivity index (χ0v) is 11.6.